The summed E-state index contributed by atoms with van der Waals surface area (Å²) in [5, 5.41) is 11.0. The number of rotatable bonds is 6. The molecule has 0 aliphatic carbocycles. The number of hydrogen-bond donors (Lipinski definition) is 0. The molecule has 0 radical (unpaired) electrons. The number of nitrogens with zero attached hydrogens (tertiary/aromatic N) is 1. The van der Waals surface area contributed by atoms with Gasteiger partial charge in [-0.1, -0.05) is 18.2 Å². The van der Waals surface area contributed by atoms with Crippen LogP contribution in [0.5, 0.6) is 17.2 Å². The molecule has 2 aromatic rings. The van der Waals surface area contributed by atoms with E-state index in [2.05, 4.69) is 0 Å². The van der Waals surface area contributed by atoms with Crippen LogP contribution in [0.2, 0.25) is 0 Å². The van der Waals surface area contributed by atoms with E-state index in [1.54, 1.807) is 36.4 Å². The molecule has 0 aromatic heterocycles. The van der Waals surface area contributed by atoms with E-state index in [0.29, 0.717) is 33.3 Å². The van der Waals surface area contributed by atoms with Gasteiger partial charge in [-0.25, -0.2) is 0 Å². The number of carboxylic acid groups (broad SMARTS) is 1. The summed E-state index contributed by atoms with van der Waals surface area (Å²) in [6.45, 7) is -0.835. The van der Waals surface area contributed by atoms with E-state index >= 15 is 0 Å². The number of carbonyl (C=O) groups excluding carboxylic acids is 3. The van der Waals surface area contributed by atoms with Crippen LogP contribution in [0, 0.1) is 0 Å². The number of carbonyl (C=O) groups is 3. The zero-order chi connectivity index (χ0) is 21.1. The highest BCUT2D eigenvalue weighted by Crippen LogP contribution is 2.39. The first-order valence-corrected chi connectivity index (χ1v) is 8.58. The standard InChI is InChI=1S/C21H19NO7/c1-27-16-9-12(10-17(28-2)19(16)29-3)8-15-13-6-4-5-7-14(13)20(25)22(21(15)26)11-18(23)24/h4-10H,11H2,1-3H3,(H,23,24)/p-1/b15-8-. The molecule has 2 amide bonds. The quantitative estimate of drug-likeness (QED) is 0.529. The van der Waals surface area contributed by atoms with E-state index < -0.39 is 24.3 Å². The number of benzene rings is 2. The molecule has 1 aliphatic rings. The molecule has 8 nitrogen and oxygen atoms in total. The fourth-order valence-corrected chi connectivity index (χ4v) is 3.17. The second kappa shape index (κ2) is 8.05. The third-order valence-electron chi connectivity index (χ3n) is 4.45. The van der Waals surface area contributed by atoms with Crippen LogP contribution in [0.25, 0.3) is 11.6 Å². The zero-order valence-electron chi connectivity index (χ0n) is 16.1. The average molecular weight is 396 g/mol. The largest absolute Gasteiger partial charge is 0.548 e. The summed E-state index contributed by atoms with van der Waals surface area (Å²) in [4.78, 5) is 37.2. The van der Waals surface area contributed by atoms with Crippen LogP contribution < -0.4 is 19.3 Å². The van der Waals surface area contributed by atoms with E-state index in [0.717, 1.165) is 0 Å². The number of hydrogen-bond acceptors (Lipinski definition) is 7. The van der Waals surface area contributed by atoms with Crippen molar-refractivity contribution in [3.8, 4) is 17.2 Å². The highest BCUT2D eigenvalue weighted by molar-refractivity contribution is 6.34. The van der Waals surface area contributed by atoms with Gasteiger partial charge in [-0.05, 0) is 35.4 Å². The van der Waals surface area contributed by atoms with Crippen molar-refractivity contribution in [1.29, 1.82) is 0 Å². The second-order valence-electron chi connectivity index (χ2n) is 6.13. The first-order chi connectivity index (χ1) is 13.9. The molecule has 2 aromatic carbocycles. The van der Waals surface area contributed by atoms with Crippen LogP contribution in [0.15, 0.2) is 36.4 Å². The van der Waals surface area contributed by atoms with Crippen molar-refractivity contribution in [1.82, 2.24) is 4.90 Å². The minimum absolute atomic E-state index is 0.163. The topological polar surface area (TPSA) is 105 Å². The van der Waals surface area contributed by atoms with Crippen LogP contribution in [-0.4, -0.2) is 50.6 Å². The monoisotopic (exact) mass is 396 g/mol. The maximum Gasteiger partial charge on any atom is 0.261 e. The predicted octanol–water partition coefficient (Wildman–Crippen LogP) is 0.985. The highest BCUT2D eigenvalue weighted by atomic mass is 16.5. The molecule has 0 unspecified atom stereocenters. The summed E-state index contributed by atoms with van der Waals surface area (Å²) in [6, 6.07) is 9.78. The summed E-state index contributed by atoms with van der Waals surface area (Å²) in [5.41, 5.74) is 1.34. The SMILES string of the molecule is COc1cc(/C=C2\C(=O)N(CC(=O)[O-])C(=O)c3ccccc32)cc(OC)c1OC. The molecule has 0 atom stereocenters. The number of carboxylic acids is 1. The van der Waals surface area contributed by atoms with Gasteiger partial charge in [0, 0.05) is 11.1 Å². The van der Waals surface area contributed by atoms with Crippen molar-refractivity contribution < 1.29 is 33.7 Å². The van der Waals surface area contributed by atoms with Crippen molar-refractivity contribution in [2.45, 2.75) is 0 Å². The predicted molar refractivity (Wildman–Crippen MR) is 101 cm³/mol. The lowest BCUT2D eigenvalue weighted by atomic mass is 9.92. The fourth-order valence-electron chi connectivity index (χ4n) is 3.17. The van der Waals surface area contributed by atoms with Crippen molar-refractivity contribution in [2.24, 2.45) is 0 Å². The van der Waals surface area contributed by atoms with Crippen LogP contribution >= 0.6 is 0 Å². The Hall–Kier alpha value is -3.81. The van der Waals surface area contributed by atoms with Crippen molar-refractivity contribution in [2.75, 3.05) is 27.9 Å². The van der Waals surface area contributed by atoms with Gasteiger partial charge in [-0.2, -0.15) is 0 Å². The van der Waals surface area contributed by atoms with Crippen LogP contribution in [0.4, 0.5) is 0 Å². The average Bonchev–Trinajstić information content (AvgIpc) is 2.73. The third-order valence-corrected chi connectivity index (χ3v) is 4.45. The molecule has 0 saturated heterocycles. The van der Waals surface area contributed by atoms with Crippen molar-refractivity contribution >= 4 is 29.4 Å². The number of ether oxygens (including phenoxy) is 3. The summed E-state index contributed by atoms with van der Waals surface area (Å²) < 4.78 is 15.9. The van der Waals surface area contributed by atoms with Crippen LogP contribution in [0.1, 0.15) is 21.5 Å². The van der Waals surface area contributed by atoms with Gasteiger partial charge in [0.15, 0.2) is 11.5 Å². The first kappa shape index (κ1) is 19.9. The normalized spacial score (nSPS) is 14.6. The molecule has 0 N–H and O–H groups in total. The van der Waals surface area contributed by atoms with Crippen molar-refractivity contribution in [3.63, 3.8) is 0 Å². The molecule has 29 heavy (non-hydrogen) atoms. The smallest absolute Gasteiger partial charge is 0.261 e. The fraction of sp³-hybridized carbons (Fsp3) is 0.190. The second-order valence-corrected chi connectivity index (χ2v) is 6.13. The van der Waals surface area contributed by atoms with Crippen LogP contribution in [-0.2, 0) is 9.59 Å². The molecule has 0 saturated carbocycles. The lowest BCUT2D eigenvalue weighted by Crippen LogP contribution is -2.47. The Labute approximate surface area is 166 Å². The molecule has 1 heterocycles. The summed E-state index contributed by atoms with van der Waals surface area (Å²) in [7, 11) is 4.41. The number of fused-ring (bicyclic) bond motifs is 1. The van der Waals surface area contributed by atoms with Gasteiger partial charge < -0.3 is 24.1 Å². The summed E-state index contributed by atoms with van der Waals surface area (Å²) in [6.07, 6.45) is 1.54. The number of aliphatic carboxylic acids is 1. The lowest BCUT2D eigenvalue weighted by molar-refractivity contribution is -0.305. The Morgan fingerprint density at radius 3 is 2.07 bits per heavy atom. The van der Waals surface area contributed by atoms with Gasteiger partial charge in [0.25, 0.3) is 11.8 Å². The van der Waals surface area contributed by atoms with Crippen LogP contribution in [0.3, 0.4) is 0 Å². The number of amides is 2. The molecule has 150 valence electrons. The van der Waals surface area contributed by atoms with E-state index in [9.17, 15) is 19.5 Å². The molecule has 8 heteroatoms. The van der Waals surface area contributed by atoms with Gasteiger partial charge in [0.05, 0.1) is 33.8 Å². The first-order valence-electron chi connectivity index (χ1n) is 8.58. The molecule has 1 aliphatic heterocycles. The highest BCUT2D eigenvalue weighted by Gasteiger charge is 2.34. The van der Waals surface area contributed by atoms with E-state index in [-0.39, 0.29) is 11.1 Å². The van der Waals surface area contributed by atoms with Gasteiger partial charge in [-0.3, -0.25) is 14.5 Å². The summed E-state index contributed by atoms with van der Waals surface area (Å²) in [5.74, 6) is -1.78. The summed E-state index contributed by atoms with van der Waals surface area (Å²) >= 11 is 0. The Bertz CT molecular complexity index is 1000. The minimum atomic E-state index is -1.53. The molecule has 0 bridgehead atoms. The van der Waals surface area contributed by atoms with E-state index in [1.807, 2.05) is 0 Å². The van der Waals surface area contributed by atoms with E-state index in [4.69, 9.17) is 14.2 Å². The lowest BCUT2D eigenvalue weighted by Gasteiger charge is -2.29. The number of imide groups is 1. The molecular weight excluding hydrogens is 378 g/mol. The molecular formula is C21H18NO7-. The molecule has 3 rings (SSSR count). The maximum absolute atomic E-state index is 12.9. The minimum Gasteiger partial charge on any atom is -0.548 e. The Kier molecular flexibility index (Phi) is 5.54. The van der Waals surface area contributed by atoms with E-state index in [1.165, 1.54) is 27.4 Å². The number of methoxy groups -OCH3 is 3. The third kappa shape index (κ3) is 3.64. The molecule has 0 spiro atoms. The molecule has 0 fully saturated rings. The Balaban J connectivity index is 2.19. The van der Waals surface area contributed by atoms with Gasteiger partial charge in [0.1, 0.15) is 0 Å². The van der Waals surface area contributed by atoms with Crippen molar-refractivity contribution in [3.05, 3.63) is 53.1 Å². The maximum atomic E-state index is 12.9. The Morgan fingerprint density at radius 1 is 0.966 bits per heavy atom. The zero-order valence-corrected chi connectivity index (χ0v) is 16.1. The van der Waals surface area contributed by atoms with Gasteiger partial charge in [-0.15, -0.1) is 0 Å². The van der Waals surface area contributed by atoms with Gasteiger partial charge in [0.2, 0.25) is 5.75 Å². The Morgan fingerprint density at radius 2 is 1.55 bits per heavy atom. The van der Waals surface area contributed by atoms with Gasteiger partial charge >= 0.3 is 0 Å².